The second kappa shape index (κ2) is 5.68. The molecule has 0 aliphatic heterocycles. The smallest absolute Gasteiger partial charge is 0.253 e. The van der Waals surface area contributed by atoms with E-state index in [1.165, 1.54) is 11.1 Å². The van der Waals surface area contributed by atoms with E-state index < -0.39 is 0 Å². The topological polar surface area (TPSA) is 33.5 Å². The van der Waals surface area contributed by atoms with Gasteiger partial charge in [-0.2, -0.15) is 0 Å². The van der Waals surface area contributed by atoms with Crippen LogP contribution in [-0.2, 0) is 0 Å². The van der Waals surface area contributed by atoms with Crippen LogP contribution in [0.25, 0.3) is 5.52 Å². The van der Waals surface area contributed by atoms with Crippen molar-refractivity contribution in [2.24, 2.45) is 0 Å². The summed E-state index contributed by atoms with van der Waals surface area (Å²) in [5.41, 5.74) is 5.30. The molecule has 0 aliphatic carbocycles. The number of nitrogens with zero attached hydrogens (tertiary/aromatic N) is 1. The van der Waals surface area contributed by atoms with E-state index in [1.54, 1.807) is 0 Å². The Kier molecular flexibility index (Phi) is 3.72. The molecule has 2 aromatic heterocycles. The molecule has 1 atom stereocenters. The first-order valence-corrected chi connectivity index (χ1v) is 7.49. The van der Waals surface area contributed by atoms with Gasteiger partial charge in [-0.3, -0.25) is 4.79 Å². The quantitative estimate of drug-likeness (QED) is 0.776. The van der Waals surface area contributed by atoms with Gasteiger partial charge in [-0.1, -0.05) is 29.8 Å². The Balaban J connectivity index is 1.81. The standard InChI is InChI=1S/C19H20N2O/c1-13-7-8-18(14(2)10-13)15(3)20-19(22)16-11-17-6-4-5-9-21(17)12-16/h4-12,15H,1-3H3,(H,20,22)/t15-/m0/s1. The van der Waals surface area contributed by atoms with Crippen LogP contribution in [-0.4, -0.2) is 10.3 Å². The highest BCUT2D eigenvalue weighted by Crippen LogP contribution is 2.19. The van der Waals surface area contributed by atoms with Crippen molar-refractivity contribution in [3.63, 3.8) is 0 Å². The zero-order valence-corrected chi connectivity index (χ0v) is 13.1. The van der Waals surface area contributed by atoms with E-state index in [0.29, 0.717) is 5.56 Å². The summed E-state index contributed by atoms with van der Waals surface area (Å²) in [5.74, 6) is -0.0452. The number of hydrogen-bond acceptors (Lipinski definition) is 1. The van der Waals surface area contributed by atoms with Gasteiger partial charge in [0.2, 0.25) is 0 Å². The third-order valence-corrected chi connectivity index (χ3v) is 4.01. The van der Waals surface area contributed by atoms with Crippen LogP contribution in [0, 0.1) is 13.8 Å². The largest absolute Gasteiger partial charge is 0.345 e. The SMILES string of the molecule is Cc1ccc([C@H](C)NC(=O)c2cc3ccccn3c2)c(C)c1. The fourth-order valence-electron chi connectivity index (χ4n) is 2.85. The van der Waals surface area contributed by atoms with Gasteiger partial charge in [0.15, 0.2) is 0 Å². The van der Waals surface area contributed by atoms with Crippen LogP contribution in [0.4, 0.5) is 0 Å². The number of carbonyl (C=O) groups excluding carboxylic acids is 1. The molecule has 0 saturated carbocycles. The minimum absolute atomic E-state index is 0.0175. The van der Waals surface area contributed by atoms with Gasteiger partial charge in [-0.25, -0.2) is 0 Å². The Hall–Kier alpha value is -2.55. The molecule has 0 radical (unpaired) electrons. The lowest BCUT2D eigenvalue weighted by molar-refractivity contribution is 0.0940. The molecule has 3 rings (SSSR count). The molecule has 0 aliphatic rings. The van der Waals surface area contributed by atoms with Gasteiger partial charge in [-0.15, -0.1) is 0 Å². The predicted octanol–water partition coefficient (Wildman–Crippen LogP) is 4.05. The molecule has 112 valence electrons. The van der Waals surface area contributed by atoms with Crippen LogP contribution < -0.4 is 5.32 Å². The van der Waals surface area contributed by atoms with Crippen LogP contribution in [0.3, 0.4) is 0 Å². The van der Waals surface area contributed by atoms with Crippen molar-refractivity contribution < 1.29 is 4.79 Å². The van der Waals surface area contributed by atoms with E-state index in [1.807, 2.05) is 48.0 Å². The number of fused-ring (bicyclic) bond motifs is 1. The first-order valence-electron chi connectivity index (χ1n) is 7.49. The predicted molar refractivity (Wildman–Crippen MR) is 89.2 cm³/mol. The third-order valence-electron chi connectivity index (χ3n) is 4.01. The van der Waals surface area contributed by atoms with Gasteiger partial charge >= 0.3 is 0 Å². The number of rotatable bonds is 3. The average molecular weight is 292 g/mol. The van der Waals surface area contributed by atoms with Gasteiger partial charge in [-0.05, 0) is 50.1 Å². The van der Waals surface area contributed by atoms with Crippen molar-refractivity contribution in [2.45, 2.75) is 26.8 Å². The van der Waals surface area contributed by atoms with Crippen LogP contribution in [0.1, 0.15) is 40.0 Å². The second-order valence-electron chi connectivity index (χ2n) is 5.82. The molecule has 0 saturated heterocycles. The van der Waals surface area contributed by atoms with Crippen LogP contribution in [0.5, 0.6) is 0 Å². The molecule has 3 aromatic rings. The monoisotopic (exact) mass is 292 g/mol. The van der Waals surface area contributed by atoms with E-state index in [4.69, 9.17) is 0 Å². The maximum absolute atomic E-state index is 12.5. The zero-order chi connectivity index (χ0) is 15.7. The highest BCUT2D eigenvalue weighted by molar-refractivity contribution is 5.95. The van der Waals surface area contributed by atoms with Gasteiger partial charge in [0.25, 0.3) is 5.91 Å². The number of hydrogen-bond donors (Lipinski definition) is 1. The van der Waals surface area contributed by atoms with E-state index >= 15 is 0 Å². The van der Waals surface area contributed by atoms with Gasteiger partial charge < -0.3 is 9.72 Å². The molecule has 3 heteroatoms. The van der Waals surface area contributed by atoms with Crippen molar-refractivity contribution in [2.75, 3.05) is 0 Å². The lowest BCUT2D eigenvalue weighted by atomic mass is 10.00. The van der Waals surface area contributed by atoms with Crippen molar-refractivity contribution in [3.05, 3.63) is 77.1 Å². The molecule has 0 unspecified atom stereocenters. The first-order chi connectivity index (χ1) is 10.5. The van der Waals surface area contributed by atoms with E-state index in [-0.39, 0.29) is 11.9 Å². The number of benzene rings is 1. The summed E-state index contributed by atoms with van der Waals surface area (Å²) < 4.78 is 1.96. The molecular formula is C19H20N2O. The van der Waals surface area contributed by atoms with Crippen molar-refractivity contribution in [1.29, 1.82) is 0 Å². The summed E-state index contributed by atoms with van der Waals surface area (Å²) in [6.07, 6.45) is 3.80. The number of aryl methyl sites for hydroxylation is 2. The molecule has 22 heavy (non-hydrogen) atoms. The molecule has 1 N–H and O–H groups in total. The Morgan fingerprint density at radius 2 is 1.95 bits per heavy atom. The number of pyridine rings is 1. The number of nitrogens with one attached hydrogen (secondary N) is 1. The summed E-state index contributed by atoms with van der Waals surface area (Å²) in [4.78, 5) is 12.5. The Morgan fingerprint density at radius 1 is 1.14 bits per heavy atom. The van der Waals surface area contributed by atoms with Crippen molar-refractivity contribution in [3.8, 4) is 0 Å². The third kappa shape index (κ3) is 2.75. The van der Waals surface area contributed by atoms with Gasteiger partial charge in [0.05, 0.1) is 11.6 Å². The molecular weight excluding hydrogens is 272 g/mol. The molecule has 1 amide bonds. The maximum atomic E-state index is 12.5. The summed E-state index contributed by atoms with van der Waals surface area (Å²) in [5, 5.41) is 3.08. The van der Waals surface area contributed by atoms with Crippen LogP contribution >= 0.6 is 0 Å². The summed E-state index contributed by atoms with van der Waals surface area (Å²) in [6, 6.07) is 14.1. The highest BCUT2D eigenvalue weighted by Gasteiger charge is 2.14. The Labute approximate surface area is 130 Å². The molecule has 0 bridgehead atoms. The maximum Gasteiger partial charge on any atom is 0.253 e. The van der Waals surface area contributed by atoms with E-state index in [9.17, 15) is 4.79 Å². The van der Waals surface area contributed by atoms with Crippen LogP contribution in [0.2, 0.25) is 0 Å². The second-order valence-corrected chi connectivity index (χ2v) is 5.82. The minimum Gasteiger partial charge on any atom is -0.345 e. The molecule has 0 spiro atoms. The highest BCUT2D eigenvalue weighted by atomic mass is 16.1. The van der Waals surface area contributed by atoms with Crippen molar-refractivity contribution >= 4 is 11.4 Å². The number of carbonyl (C=O) groups is 1. The van der Waals surface area contributed by atoms with E-state index in [0.717, 1.165) is 11.1 Å². The number of aromatic nitrogens is 1. The number of amides is 1. The van der Waals surface area contributed by atoms with E-state index in [2.05, 4.69) is 37.4 Å². The fraction of sp³-hybridized carbons (Fsp3) is 0.211. The summed E-state index contributed by atoms with van der Waals surface area (Å²) >= 11 is 0. The molecule has 0 fully saturated rings. The van der Waals surface area contributed by atoms with Gasteiger partial charge in [0.1, 0.15) is 0 Å². The van der Waals surface area contributed by atoms with Crippen LogP contribution in [0.15, 0.2) is 54.9 Å². The lowest BCUT2D eigenvalue weighted by Crippen LogP contribution is -2.26. The normalized spacial score (nSPS) is 12.3. The lowest BCUT2D eigenvalue weighted by Gasteiger charge is -2.16. The Bertz CT molecular complexity index is 799. The average Bonchev–Trinajstić information content (AvgIpc) is 2.91. The molecule has 3 nitrogen and oxygen atoms in total. The first kappa shape index (κ1) is 14.4. The van der Waals surface area contributed by atoms with Crippen molar-refractivity contribution in [1.82, 2.24) is 9.72 Å². The molecule has 1 aromatic carbocycles. The summed E-state index contributed by atoms with van der Waals surface area (Å²) in [6.45, 7) is 6.18. The molecule has 2 heterocycles. The van der Waals surface area contributed by atoms with Gasteiger partial charge in [0, 0.05) is 17.9 Å². The minimum atomic E-state index is -0.0452. The summed E-state index contributed by atoms with van der Waals surface area (Å²) in [7, 11) is 0. The fourth-order valence-corrected chi connectivity index (χ4v) is 2.85. The Morgan fingerprint density at radius 3 is 2.68 bits per heavy atom. The zero-order valence-electron chi connectivity index (χ0n) is 13.1.